The second kappa shape index (κ2) is 5.39. The van der Waals surface area contributed by atoms with Crippen LogP contribution in [0.15, 0.2) is 55.0 Å². The highest BCUT2D eigenvalue weighted by Gasteiger charge is 2.32. The summed E-state index contributed by atoms with van der Waals surface area (Å²) in [5, 5.41) is 2.50. The topological polar surface area (TPSA) is 34.0 Å². The van der Waals surface area contributed by atoms with Gasteiger partial charge in [0.25, 0.3) is 0 Å². The van der Waals surface area contributed by atoms with E-state index in [2.05, 4.69) is 61.9 Å². The first-order valence-corrected chi connectivity index (χ1v) is 9.43. The van der Waals surface area contributed by atoms with Crippen LogP contribution in [-0.4, -0.2) is 32.5 Å². The molecule has 0 unspecified atom stereocenters. The van der Waals surface area contributed by atoms with Crippen LogP contribution in [0.4, 0.5) is 0 Å². The molecule has 1 saturated heterocycles. The van der Waals surface area contributed by atoms with Crippen LogP contribution in [0.5, 0.6) is 0 Å². The molecule has 0 spiro atoms. The van der Waals surface area contributed by atoms with Crippen molar-refractivity contribution >= 4 is 21.8 Å². The van der Waals surface area contributed by atoms with Crippen LogP contribution in [0, 0.1) is 0 Å². The van der Waals surface area contributed by atoms with Gasteiger partial charge in [-0.3, -0.25) is 4.90 Å². The van der Waals surface area contributed by atoms with E-state index in [1.807, 2.05) is 6.20 Å². The van der Waals surface area contributed by atoms with Crippen molar-refractivity contribution in [1.29, 1.82) is 0 Å². The molecular weight excluding hydrogens is 320 g/mol. The van der Waals surface area contributed by atoms with Crippen molar-refractivity contribution in [3.8, 4) is 5.69 Å². The molecule has 2 aromatic heterocycles. The van der Waals surface area contributed by atoms with Gasteiger partial charge >= 0.3 is 0 Å². The largest absolute Gasteiger partial charge is 0.313 e. The van der Waals surface area contributed by atoms with Crippen LogP contribution in [0.25, 0.3) is 27.5 Å². The van der Waals surface area contributed by atoms with Crippen LogP contribution in [0.1, 0.15) is 30.0 Å². The molecule has 0 amide bonds. The van der Waals surface area contributed by atoms with E-state index in [9.17, 15) is 0 Å². The van der Waals surface area contributed by atoms with Crippen molar-refractivity contribution in [2.24, 2.45) is 0 Å². The van der Waals surface area contributed by atoms with Crippen LogP contribution in [-0.2, 0) is 6.54 Å². The van der Waals surface area contributed by atoms with E-state index in [4.69, 9.17) is 0 Å². The van der Waals surface area contributed by atoms with Gasteiger partial charge < -0.3 is 4.57 Å². The van der Waals surface area contributed by atoms with Gasteiger partial charge in [0.1, 0.15) is 6.33 Å². The van der Waals surface area contributed by atoms with E-state index in [-0.39, 0.29) is 0 Å². The minimum atomic E-state index is 0.652. The number of para-hydroxylation sites is 1. The molecule has 1 fully saturated rings. The lowest BCUT2D eigenvalue weighted by molar-refractivity contribution is 0.220. The summed E-state index contributed by atoms with van der Waals surface area (Å²) < 4.78 is 2.51. The predicted octanol–water partition coefficient (Wildman–Crippen LogP) is 4.27. The number of piperidine rings is 1. The minimum Gasteiger partial charge on any atom is -0.313 e. The zero-order chi connectivity index (χ0) is 17.1. The second-order valence-corrected chi connectivity index (χ2v) is 7.53. The Morgan fingerprint density at radius 3 is 2.81 bits per heavy atom. The fraction of sp³-hybridized carbons (Fsp3) is 0.273. The number of nitrogens with zero attached hydrogens (tertiary/aromatic N) is 4. The summed E-state index contributed by atoms with van der Waals surface area (Å²) in [5.74, 6) is 0.652. The molecule has 0 aliphatic carbocycles. The first-order chi connectivity index (χ1) is 12.9. The van der Waals surface area contributed by atoms with E-state index in [1.54, 1.807) is 6.33 Å². The second-order valence-electron chi connectivity index (χ2n) is 7.53. The molecule has 7 rings (SSSR count). The van der Waals surface area contributed by atoms with E-state index in [1.165, 1.54) is 53.8 Å². The Hall–Kier alpha value is -2.72. The number of rotatable bonds is 1. The molecule has 4 heteroatoms. The molecule has 5 heterocycles. The number of benzene rings is 2. The van der Waals surface area contributed by atoms with Crippen molar-refractivity contribution < 1.29 is 0 Å². The predicted molar refractivity (Wildman–Crippen MR) is 104 cm³/mol. The van der Waals surface area contributed by atoms with Gasteiger partial charge in [-0.05, 0) is 55.8 Å². The lowest BCUT2D eigenvalue weighted by atomic mass is 9.94. The molecule has 3 aliphatic rings. The monoisotopic (exact) mass is 340 g/mol. The van der Waals surface area contributed by atoms with Gasteiger partial charge in [0.15, 0.2) is 0 Å². The van der Waals surface area contributed by atoms with Crippen LogP contribution in [0.3, 0.4) is 0 Å². The van der Waals surface area contributed by atoms with Crippen molar-refractivity contribution in [1.82, 2.24) is 19.4 Å². The van der Waals surface area contributed by atoms with Crippen LogP contribution in [0.2, 0.25) is 0 Å². The Morgan fingerprint density at radius 2 is 1.88 bits per heavy atom. The van der Waals surface area contributed by atoms with Crippen molar-refractivity contribution in [3.05, 3.63) is 66.2 Å². The summed E-state index contributed by atoms with van der Waals surface area (Å²) in [6, 6.07) is 15.4. The smallest absolute Gasteiger partial charge is 0.116 e. The number of aromatic nitrogens is 3. The standard InChI is InChI=1S/C22H20N4/c1-2-4-21-18(3-1)19-13-25-9-7-15(8-10-25)22(19)26(21)17-5-6-20-16(11-17)12-23-14-24-20/h1-6,11-12,14-15H,7-10,13H2. The molecule has 26 heavy (non-hydrogen) atoms. The average molecular weight is 340 g/mol. The third kappa shape index (κ3) is 1.99. The zero-order valence-corrected chi connectivity index (χ0v) is 14.6. The summed E-state index contributed by atoms with van der Waals surface area (Å²) in [7, 11) is 0. The fourth-order valence-corrected chi connectivity index (χ4v) is 4.90. The molecule has 3 aliphatic heterocycles. The lowest BCUT2D eigenvalue weighted by Gasteiger charge is -2.27. The van der Waals surface area contributed by atoms with Crippen molar-refractivity contribution in [3.63, 3.8) is 0 Å². The van der Waals surface area contributed by atoms with Gasteiger partial charge in [0, 0.05) is 40.8 Å². The molecule has 0 radical (unpaired) electrons. The summed E-state index contributed by atoms with van der Waals surface area (Å²) >= 11 is 0. The summed E-state index contributed by atoms with van der Waals surface area (Å²) in [6.07, 6.45) is 6.06. The van der Waals surface area contributed by atoms with E-state index in [0.29, 0.717) is 5.92 Å². The maximum atomic E-state index is 4.38. The third-order valence-electron chi connectivity index (χ3n) is 6.12. The van der Waals surface area contributed by atoms with Crippen LogP contribution >= 0.6 is 0 Å². The SMILES string of the molecule is c1ccc2c(c1)c1c(n2-c2ccc3ncncc3c2)C2CCN(CC2)C1. The van der Waals surface area contributed by atoms with Crippen LogP contribution < -0.4 is 0 Å². The molecule has 2 aromatic carbocycles. The number of fused-ring (bicyclic) bond motifs is 4. The lowest BCUT2D eigenvalue weighted by Crippen LogP contribution is -2.29. The van der Waals surface area contributed by atoms with E-state index in [0.717, 1.165) is 17.4 Å². The zero-order valence-electron chi connectivity index (χ0n) is 14.6. The molecular formula is C22H20N4. The maximum absolute atomic E-state index is 4.38. The van der Waals surface area contributed by atoms with Gasteiger partial charge in [0.2, 0.25) is 0 Å². The fourth-order valence-electron chi connectivity index (χ4n) is 4.90. The quantitative estimate of drug-likeness (QED) is 0.519. The Kier molecular flexibility index (Phi) is 2.99. The highest BCUT2D eigenvalue weighted by Crippen LogP contribution is 2.42. The molecule has 4 aromatic rings. The Morgan fingerprint density at radius 1 is 1.00 bits per heavy atom. The Labute approximate surface area is 152 Å². The number of hydrogen-bond donors (Lipinski definition) is 0. The first kappa shape index (κ1) is 14.4. The van der Waals surface area contributed by atoms with E-state index < -0.39 is 0 Å². The first-order valence-electron chi connectivity index (χ1n) is 9.43. The molecule has 0 N–H and O–H groups in total. The summed E-state index contributed by atoms with van der Waals surface area (Å²) in [4.78, 5) is 11.2. The van der Waals surface area contributed by atoms with Gasteiger partial charge in [-0.1, -0.05) is 18.2 Å². The van der Waals surface area contributed by atoms with Crippen molar-refractivity contribution in [2.45, 2.75) is 25.3 Å². The Bertz CT molecular complexity index is 1140. The summed E-state index contributed by atoms with van der Waals surface area (Å²) in [6.45, 7) is 3.52. The molecule has 4 nitrogen and oxygen atoms in total. The minimum absolute atomic E-state index is 0.652. The van der Waals surface area contributed by atoms with Gasteiger partial charge in [-0.2, -0.15) is 0 Å². The highest BCUT2D eigenvalue weighted by molar-refractivity contribution is 5.89. The average Bonchev–Trinajstić information content (AvgIpc) is 2.81. The van der Waals surface area contributed by atoms with Crippen molar-refractivity contribution in [2.75, 3.05) is 13.1 Å². The van der Waals surface area contributed by atoms with Gasteiger partial charge in [0.05, 0.1) is 11.0 Å². The van der Waals surface area contributed by atoms with E-state index >= 15 is 0 Å². The van der Waals surface area contributed by atoms with Gasteiger partial charge in [-0.15, -0.1) is 0 Å². The Balaban J connectivity index is 1.69. The normalized spacial score (nSPS) is 21.8. The number of hydrogen-bond acceptors (Lipinski definition) is 3. The molecule has 0 saturated carbocycles. The molecule has 128 valence electrons. The summed E-state index contributed by atoms with van der Waals surface area (Å²) in [5.41, 5.74) is 6.61. The van der Waals surface area contributed by atoms with Gasteiger partial charge in [-0.25, -0.2) is 9.97 Å². The highest BCUT2D eigenvalue weighted by atomic mass is 15.1. The molecule has 2 bridgehead atoms. The maximum Gasteiger partial charge on any atom is 0.116 e. The molecule has 0 atom stereocenters. The third-order valence-corrected chi connectivity index (χ3v) is 6.12.